The molecule has 0 spiro atoms. The minimum absolute atomic E-state index is 0.603. The lowest BCUT2D eigenvalue weighted by molar-refractivity contribution is 0.339. The lowest BCUT2D eigenvalue weighted by Gasteiger charge is -2.00. The van der Waals surface area contributed by atoms with Crippen molar-refractivity contribution in [2.45, 2.75) is 6.92 Å². The Morgan fingerprint density at radius 3 is 3.18 bits per heavy atom. The van der Waals surface area contributed by atoms with Gasteiger partial charge in [0.05, 0.1) is 18.2 Å². The SMILES string of the molecule is CCOc1[c]ccc(C#N)c1. The summed E-state index contributed by atoms with van der Waals surface area (Å²) in [6, 6.07) is 9.95. The fourth-order valence-corrected chi connectivity index (χ4v) is 0.753. The molecule has 2 nitrogen and oxygen atoms in total. The van der Waals surface area contributed by atoms with Gasteiger partial charge >= 0.3 is 0 Å². The van der Waals surface area contributed by atoms with Crippen molar-refractivity contribution in [2.75, 3.05) is 6.61 Å². The lowest BCUT2D eigenvalue weighted by Crippen LogP contribution is -1.91. The normalized spacial score (nSPS) is 8.73. The predicted molar refractivity (Wildman–Crippen MR) is 41.2 cm³/mol. The highest BCUT2D eigenvalue weighted by Crippen LogP contribution is 2.10. The van der Waals surface area contributed by atoms with Crippen LogP contribution in [0.1, 0.15) is 12.5 Å². The van der Waals surface area contributed by atoms with Crippen LogP contribution in [0.5, 0.6) is 5.75 Å². The van der Waals surface area contributed by atoms with Crippen LogP contribution in [-0.2, 0) is 0 Å². The molecule has 0 aromatic heterocycles. The van der Waals surface area contributed by atoms with E-state index in [1.807, 2.05) is 13.0 Å². The van der Waals surface area contributed by atoms with Crippen LogP contribution in [0.4, 0.5) is 0 Å². The van der Waals surface area contributed by atoms with Crippen LogP contribution in [0, 0.1) is 17.4 Å². The number of rotatable bonds is 2. The Kier molecular flexibility index (Phi) is 2.51. The summed E-state index contributed by atoms with van der Waals surface area (Å²) in [5.41, 5.74) is 0.604. The van der Waals surface area contributed by atoms with E-state index in [1.165, 1.54) is 0 Å². The Labute approximate surface area is 66.0 Å². The molecule has 0 unspecified atom stereocenters. The monoisotopic (exact) mass is 146 g/mol. The molecule has 11 heavy (non-hydrogen) atoms. The zero-order valence-corrected chi connectivity index (χ0v) is 6.29. The number of hydrogen-bond acceptors (Lipinski definition) is 2. The van der Waals surface area contributed by atoms with E-state index in [1.54, 1.807) is 18.2 Å². The number of nitrogens with zero attached hydrogens (tertiary/aromatic N) is 1. The number of nitriles is 1. The van der Waals surface area contributed by atoms with Crippen molar-refractivity contribution in [1.82, 2.24) is 0 Å². The molecule has 0 fully saturated rings. The molecule has 0 aliphatic carbocycles. The van der Waals surface area contributed by atoms with Crippen molar-refractivity contribution in [1.29, 1.82) is 5.26 Å². The highest BCUT2D eigenvalue weighted by atomic mass is 16.5. The first-order valence-electron chi connectivity index (χ1n) is 3.41. The lowest BCUT2D eigenvalue weighted by atomic mass is 10.2. The minimum atomic E-state index is 0.603. The summed E-state index contributed by atoms with van der Waals surface area (Å²) < 4.78 is 5.14. The standard InChI is InChI=1S/C9H8NO/c1-2-11-9-5-3-4-8(6-9)7-10/h3-4,6H,2H2,1H3. The predicted octanol–water partition coefficient (Wildman–Crippen LogP) is 1.76. The molecular formula is C9H8NO. The van der Waals surface area contributed by atoms with Crippen LogP contribution in [-0.4, -0.2) is 6.61 Å². The summed E-state index contributed by atoms with van der Waals surface area (Å²) in [5, 5.41) is 8.51. The third kappa shape index (κ3) is 1.98. The molecule has 1 rings (SSSR count). The smallest absolute Gasteiger partial charge is 0.128 e. The van der Waals surface area contributed by atoms with Crippen LogP contribution in [0.25, 0.3) is 0 Å². The van der Waals surface area contributed by atoms with Gasteiger partial charge in [-0.15, -0.1) is 0 Å². The molecule has 1 radical (unpaired) electrons. The Balaban J connectivity index is 2.85. The first-order chi connectivity index (χ1) is 5.36. The fourth-order valence-electron chi connectivity index (χ4n) is 0.753. The number of hydrogen-bond donors (Lipinski definition) is 0. The third-order valence-electron chi connectivity index (χ3n) is 1.20. The third-order valence-corrected chi connectivity index (χ3v) is 1.20. The van der Waals surface area contributed by atoms with Crippen LogP contribution >= 0.6 is 0 Å². The van der Waals surface area contributed by atoms with Gasteiger partial charge in [-0.3, -0.25) is 0 Å². The molecule has 55 valence electrons. The van der Waals surface area contributed by atoms with E-state index < -0.39 is 0 Å². The van der Waals surface area contributed by atoms with Gasteiger partial charge in [-0.1, -0.05) is 0 Å². The second-order valence-electron chi connectivity index (χ2n) is 1.99. The number of benzene rings is 1. The zero-order valence-electron chi connectivity index (χ0n) is 6.29. The van der Waals surface area contributed by atoms with Crippen molar-refractivity contribution < 1.29 is 4.74 Å². The van der Waals surface area contributed by atoms with Gasteiger partial charge in [0, 0.05) is 6.07 Å². The van der Waals surface area contributed by atoms with Gasteiger partial charge in [-0.2, -0.15) is 5.26 Å². The molecule has 0 saturated carbocycles. The molecule has 0 aliphatic rings. The molecule has 1 aromatic carbocycles. The van der Waals surface area contributed by atoms with Gasteiger partial charge in [0.2, 0.25) is 0 Å². The van der Waals surface area contributed by atoms with Gasteiger partial charge in [0.15, 0.2) is 0 Å². The Morgan fingerprint density at radius 1 is 1.73 bits per heavy atom. The van der Waals surface area contributed by atoms with E-state index >= 15 is 0 Å². The van der Waals surface area contributed by atoms with Crippen molar-refractivity contribution in [3.8, 4) is 11.8 Å². The van der Waals surface area contributed by atoms with E-state index in [-0.39, 0.29) is 0 Å². The summed E-state index contributed by atoms with van der Waals surface area (Å²) >= 11 is 0. The van der Waals surface area contributed by atoms with E-state index in [9.17, 15) is 0 Å². The molecule has 0 amide bonds. The van der Waals surface area contributed by atoms with Gasteiger partial charge in [0.25, 0.3) is 0 Å². The zero-order chi connectivity index (χ0) is 8.10. The maximum absolute atomic E-state index is 8.51. The van der Waals surface area contributed by atoms with Crippen LogP contribution in [0.3, 0.4) is 0 Å². The quantitative estimate of drug-likeness (QED) is 0.636. The minimum Gasteiger partial charge on any atom is -0.493 e. The van der Waals surface area contributed by atoms with Crippen molar-refractivity contribution in [2.24, 2.45) is 0 Å². The highest BCUT2D eigenvalue weighted by Gasteiger charge is 1.93. The molecule has 0 saturated heterocycles. The van der Waals surface area contributed by atoms with E-state index in [0.29, 0.717) is 17.9 Å². The topological polar surface area (TPSA) is 33.0 Å². The van der Waals surface area contributed by atoms with Crippen LogP contribution < -0.4 is 4.74 Å². The molecule has 0 N–H and O–H groups in total. The second-order valence-corrected chi connectivity index (χ2v) is 1.99. The summed E-state index contributed by atoms with van der Waals surface area (Å²) in [6.07, 6.45) is 0. The summed E-state index contributed by atoms with van der Waals surface area (Å²) in [6.45, 7) is 2.50. The molecule has 0 atom stereocenters. The van der Waals surface area contributed by atoms with Crippen molar-refractivity contribution in [3.63, 3.8) is 0 Å². The Morgan fingerprint density at radius 2 is 2.55 bits per heavy atom. The molecule has 1 aromatic rings. The number of ether oxygens (including phenoxy) is 1. The fraction of sp³-hybridized carbons (Fsp3) is 0.222. The second kappa shape index (κ2) is 3.62. The summed E-state index contributed by atoms with van der Waals surface area (Å²) in [4.78, 5) is 0. The molecule has 0 bridgehead atoms. The maximum Gasteiger partial charge on any atom is 0.128 e. The van der Waals surface area contributed by atoms with E-state index in [0.717, 1.165) is 0 Å². The van der Waals surface area contributed by atoms with Gasteiger partial charge < -0.3 is 4.74 Å². The average Bonchev–Trinajstić information content (AvgIpc) is 2.06. The molecule has 0 aliphatic heterocycles. The van der Waals surface area contributed by atoms with Crippen molar-refractivity contribution >= 4 is 0 Å². The maximum atomic E-state index is 8.51. The summed E-state index contributed by atoms with van der Waals surface area (Å²) in [5.74, 6) is 0.631. The average molecular weight is 146 g/mol. The van der Waals surface area contributed by atoms with E-state index in [4.69, 9.17) is 10.00 Å². The van der Waals surface area contributed by atoms with E-state index in [2.05, 4.69) is 6.07 Å². The Bertz CT molecular complexity index is 275. The first kappa shape index (κ1) is 7.62. The largest absolute Gasteiger partial charge is 0.493 e. The molecule has 2 heteroatoms. The first-order valence-corrected chi connectivity index (χ1v) is 3.41. The molecule has 0 heterocycles. The molecular weight excluding hydrogens is 138 g/mol. The van der Waals surface area contributed by atoms with Crippen LogP contribution in [0.2, 0.25) is 0 Å². The van der Waals surface area contributed by atoms with Gasteiger partial charge in [-0.25, -0.2) is 0 Å². The van der Waals surface area contributed by atoms with Gasteiger partial charge in [0.1, 0.15) is 5.75 Å². The van der Waals surface area contributed by atoms with Gasteiger partial charge in [-0.05, 0) is 25.1 Å². The highest BCUT2D eigenvalue weighted by molar-refractivity contribution is 5.35. The van der Waals surface area contributed by atoms with Crippen LogP contribution in [0.15, 0.2) is 18.2 Å². The summed E-state index contributed by atoms with van der Waals surface area (Å²) in [7, 11) is 0. The Hall–Kier alpha value is -1.49. The van der Waals surface area contributed by atoms with Crippen molar-refractivity contribution in [3.05, 3.63) is 29.8 Å².